The molecular weight excluding hydrogens is 354 g/mol. The summed E-state index contributed by atoms with van der Waals surface area (Å²) in [7, 11) is 1.35. The number of para-hydroxylation sites is 1. The van der Waals surface area contributed by atoms with E-state index >= 15 is 0 Å². The van der Waals surface area contributed by atoms with Crippen LogP contribution in [0.4, 0.5) is 5.69 Å². The van der Waals surface area contributed by atoms with Crippen molar-refractivity contribution < 1.29 is 14.3 Å². The van der Waals surface area contributed by atoms with E-state index in [4.69, 9.17) is 9.73 Å². The normalized spacial score (nSPS) is 18.5. The molecule has 0 saturated carbocycles. The summed E-state index contributed by atoms with van der Waals surface area (Å²) in [5.41, 5.74) is 5.71. The van der Waals surface area contributed by atoms with Crippen molar-refractivity contribution in [3.05, 3.63) is 65.4 Å². The van der Waals surface area contributed by atoms with Gasteiger partial charge in [-0.25, -0.2) is 4.79 Å². The molecule has 0 radical (unpaired) electrons. The van der Waals surface area contributed by atoms with E-state index in [0.717, 1.165) is 33.4 Å². The number of carbonyl (C=O) groups is 2. The first kappa shape index (κ1) is 16.7. The summed E-state index contributed by atoms with van der Waals surface area (Å²) in [6.45, 7) is 0.606. The van der Waals surface area contributed by atoms with Crippen LogP contribution >= 0.6 is 0 Å². The van der Waals surface area contributed by atoms with E-state index in [1.807, 2.05) is 36.4 Å². The highest BCUT2D eigenvalue weighted by Gasteiger charge is 2.38. The largest absolute Gasteiger partial charge is 0.467 e. The second kappa shape index (κ2) is 6.34. The lowest BCUT2D eigenvalue weighted by atomic mass is 10.0. The number of aliphatic imine (C=N–C) groups is 1. The van der Waals surface area contributed by atoms with E-state index in [1.54, 1.807) is 4.90 Å². The molecule has 0 unspecified atom stereocenters. The van der Waals surface area contributed by atoms with E-state index in [2.05, 4.69) is 17.1 Å². The molecule has 0 aliphatic carbocycles. The Labute approximate surface area is 161 Å². The first-order valence-electron chi connectivity index (χ1n) is 9.31. The maximum Gasteiger partial charge on any atom is 0.328 e. The third kappa shape index (κ3) is 2.52. The third-order valence-corrected chi connectivity index (χ3v) is 5.50. The summed E-state index contributed by atoms with van der Waals surface area (Å²) in [6.07, 6.45) is 0.825. The molecule has 1 fully saturated rings. The third-order valence-electron chi connectivity index (χ3n) is 5.50. The molecule has 1 atom stereocenters. The summed E-state index contributed by atoms with van der Waals surface area (Å²) in [4.78, 5) is 34.3. The van der Waals surface area contributed by atoms with Crippen LogP contribution in [0.25, 0.3) is 10.9 Å². The number of nitrogens with zero attached hydrogens (tertiary/aromatic N) is 2. The Bertz CT molecular complexity index is 1110. The molecular formula is C22H19N3O3. The van der Waals surface area contributed by atoms with Crippen LogP contribution in [0.3, 0.4) is 0 Å². The molecule has 6 heteroatoms. The molecule has 0 bridgehead atoms. The van der Waals surface area contributed by atoms with Gasteiger partial charge < -0.3 is 9.72 Å². The van der Waals surface area contributed by atoms with E-state index in [1.165, 1.54) is 7.11 Å². The maximum atomic E-state index is 12.5. The number of amides is 1. The van der Waals surface area contributed by atoms with Gasteiger partial charge in [-0.1, -0.05) is 24.3 Å². The zero-order valence-corrected chi connectivity index (χ0v) is 15.4. The van der Waals surface area contributed by atoms with Crippen molar-refractivity contribution in [2.24, 2.45) is 4.99 Å². The van der Waals surface area contributed by atoms with Crippen LogP contribution in [0.1, 0.15) is 29.7 Å². The minimum atomic E-state index is -0.564. The Morgan fingerprint density at radius 3 is 2.89 bits per heavy atom. The number of hydrogen-bond acceptors (Lipinski definition) is 4. The van der Waals surface area contributed by atoms with E-state index in [9.17, 15) is 9.59 Å². The van der Waals surface area contributed by atoms with Gasteiger partial charge >= 0.3 is 5.97 Å². The lowest BCUT2D eigenvalue weighted by molar-refractivity contribution is -0.142. The van der Waals surface area contributed by atoms with Crippen molar-refractivity contribution >= 4 is 34.2 Å². The minimum absolute atomic E-state index is 0.0579. The Morgan fingerprint density at radius 1 is 1.21 bits per heavy atom. The number of carbonyl (C=O) groups excluding carboxylic acids is 2. The van der Waals surface area contributed by atoms with Gasteiger partial charge in [0.2, 0.25) is 5.91 Å². The average Bonchev–Trinajstić information content (AvgIpc) is 3.42. The first-order valence-corrected chi connectivity index (χ1v) is 9.31. The SMILES string of the molecule is COC(=O)[C@@H]1CCC(=O)N1c1ccc2c(c1)C(c1cc3ccccc3[nH]1)=NC2. The molecule has 2 aromatic carbocycles. The highest BCUT2D eigenvalue weighted by atomic mass is 16.5. The van der Waals surface area contributed by atoms with Gasteiger partial charge in [-0.2, -0.15) is 0 Å². The summed E-state index contributed by atoms with van der Waals surface area (Å²) >= 11 is 0. The van der Waals surface area contributed by atoms with Gasteiger partial charge in [0, 0.05) is 28.6 Å². The fourth-order valence-corrected chi connectivity index (χ4v) is 4.12. The number of anilines is 1. The zero-order chi connectivity index (χ0) is 19.3. The summed E-state index contributed by atoms with van der Waals surface area (Å²) in [5.74, 6) is -0.437. The van der Waals surface area contributed by atoms with Crippen molar-refractivity contribution in [2.45, 2.75) is 25.4 Å². The van der Waals surface area contributed by atoms with Gasteiger partial charge in [0.25, 0.3) is 0 Å². The lowest BCUT2D eigenvalue weighted by Crippen LogP contribution is -2.39. The van der Waals surface area contributed by atoms with E-state index in [0.29, 0.717) is 25.1 Å². The van der Waals surface area contributed by atoms with Gasteiger partial charge in [0.05, 0.1) is 25.1 Å². The van der Waals surface area contributed by atoms with Crippen LogP contribution < -0.4 is 4.90 Å². The van der Waals surface area contributed by atoms with Gasteiger partial charge in [0.1, 0.15) is 6.04 Å². The Kier molecular flexibility index (Phi) is 3.79. The number of aromatic amines is 1. The summed E-state index contributed by atoms with van der Waals surface area (Å²) in [6, 6.07) is 15.5. The summed E-state index contributed by atoms with van der Waals surface area (Å²) in [5, 5.41) is 1.13. The fourth-order valence-electron chi connectivity index (χ4n) is 4.12. The van der Waals surface area contributed by atoms with Gasteiger partial charge in [-0.3, -0.25) is 14.7 Å². The molecule has 2 aliphatic heterocycles. The molecule has 1 amide bonds. The van der Waals surface area contributed by atoms with Crippen molar-refractivity contribution in [3.63, 3.8) is 0 Å². The standard InChI is InChI=1S/C22H19N3O3/c1-28-22(27)19-8-9-20(26)25(19)15-7-6-14-12-23-21(16(14)11-15)18-10-13-4-2-3-5-17(13)24-18/h2-7,10-11,19,24H,8-9,12H2,1H3/t19-/m0/s1. The number of hydrogen-bond donors (Lipinski definition) is 1. The maximum absolute atomic E-state index is 12.5. The van der Waals surface area contributed by atoms with Crippen LogP contribution in [0.5, 0.6) is 0 Å². The first-order chi connectivity index (χ1) is 13.7. The second-order valence-corrected chi connectivity index (χ2v) is 7.12. The number of methoxy groups -OCH3 is 1. The quantitative estimate of drug-likeness (QED) is 0.717. The fraction of sp³-hybridized carbons (Fsp3) is 0.227. The molecule has 0 spiro atoms. The predicted molar refractivity (Wildman–Crippen MR) is 107 cm³/mol. The predicted octanol–water partition coefficient (Wildman–Crippen LogP) is 3.19. The van der Waals surface area contributed by atoms with Crippen LogP contribution in [-0.4, -0.2) is 35.7 Å². The topological polar surface area (TPSA) is 74.8 Å². The molecule has 5 rings (SSSR count). The number of ether oxygens (including phenoxy) is 1. The average molecular weight is 373 g/mol. The van der Waals surface area contributed by atoms with Gasteiger partial charge in [-0.15, -0.1) is 0 Å². The number of benzene rings is 2. The highest BCUT2D eigenvalue weighted by Crippen LogP contribution is 2.32. The Morgan fingerprint density at radius 2 is 2.07 bits per heavy atom. The number of fused-ring (bicyclic) bond motifs is 2. The number of esters is 1. The Hall–Kier alpha value is -3.41. The number of nitrogens with one attached hydrogen (secondary N) is 1. The molecule has 6 nitrogen and oxygen atoms in total. The zero-order valence-electron chi connectivity index (χ0n) is 15.4. The highest BCUT2D eigenvalue weighted by molar-refractivity contribution is 6.16. The summed E-state index contributed by atoms with van der Waals surface area (Å²) < 4.78 is 4.89. The van der Waals surface area contributed by atoms with Crippen LogP contribution in [0.2, 0.25) is 0 Å². The smallest absolute Gasteiger partial charge is 0.328 e. The number of aromatic nitrogens is 1. The monoisotopic (exact) mass is 373 g/mol. The van der Waals surface area contributed by atoms with Gasteiger partial charge in [0.15, 0.2) is 0 Å². The van der Waals surface area contributed by atoms with Crippen molar-refractivity contribution in [1.82, 2.24) is 4.98 Å². The molecule has 28 heavy (non-hydrogen) atoms. The molecule has 1 saturated heterocycles. The van der Waals surface area contributed by atoms with Crippen LogP contribution in [0, 0.1) is 0 Å². The number of H-pyrrole nitrogens is 1. The Balaban J connectivity index is 1.55. The molecule has 3 heterocycles. The van der Waals surface area contributed by atoms with Crippen molar-refractivity contribution in [3.8, 4) is 0 Å². The molecule has 3 aromatic rings. The van der Waals surface area contributed by atoms with E-state index in [-0.39, 0.29) is 11.9 Å². The van der Waals surface area contributed by atoms with Gasteiger partial charge in [-0.05, 0) is 36.2 Å². The lowest BCUT2D eigenvalue weighted by Gasteiger charge is -2.23. The molecule has 1 aromatic heterocycles. The second-order valence-electron chi connectivity index (χ2n) is 7.12. The van der Waals surface area contributed by atoms with Crippen LogP contribution in [-0.2, 0) is 20.9 Å². The van der Waals surface area contributed by atoms with Crippen molar-refractivity contribution in [1.29, 1.82) is 0 Å². The molecule has 2 aliphatic rings. The minimum Gasteiger partial charge on any atom is -0.467 e. The number of rotatable bonds is 3. The van der Waals surface area contributed by atoms with Crippen molar-refractivity contribution in [2.75, 3.05) is 12.0 Å². The molecule has 140 valence electrons. The van der Waals surface area contributed by atoms with Crippen LogP contribution in [0.15, 0.2) is 53.5 Å². The molecule has 1 N–H and O–H groups in total. The van der Waals surface area contributed by atoms with E-state index < -0.39 is 6.04 Å².